The Labute approximate surface area is 94.0 Å². The first-order chi connectivity index (χ1) is 7.76. The molecule has 1 heterocycles. The number of nitrogens with two attached hydrogens (primary N) is 1. The second-order valence-corrected chi connectivity index (χ2v) is 3.55. The summed E-state index contributed by atoms with van der Waals surface area (Å²) in [7, 11) is 0. The molecule has 0 atom stereocenters. The zero-order valence-electron chi connectivity index (χ0n) is 9.01. The van der Waals surface area contributed by atoms with E-state index in [2.05, 4.69) is 4.98 Å². The van der Waals surface area contributed by atoms with E-state index in [1.807, 2.05) is 31.2 Å². The first-order valence-electron chi connectivity index (χ1n) is 4.99. The van der Waals surface area contributed by atoms with E-state index in [-0.39, 0.29) is 0 Å². The van der Waals surface area contributed by atoms with Gasteiger partial charge in [0, 0.05) is 24.6 Å². The summed E-state index contributed by atoms with van der Waals surface area (Å²) in [4.78, 5) is 3.96. The summed E-state index contributed by atoms with van der Waals surface area (Å²) in [6, 6.07) is 7.97. The average Bonchev–Trinajstić information content (AvgIpc) is 2.77. The van der Waals surface area contributed by atoms with Crippen LogP contribution < -0.4 is 5.73 Å². The largest absolute Gasteiger partial charge is 0.326 e. The van der Waals surface area contributed by atoms with Gasteiger partial charge in [-0.1, -0.05) is 6.07 Å². The van der Waals surface area contributed by atoms with Gasteiger partial charge in [-0.25, -0.2) is 4.98 Å². The van der Waals surface area contributed by atoms with Gasteiger partial charge in [-0.3, -0.25) is 4.57 Å². The smallest absolute Gasteiger partial charge is 0.217 e. The predicted molar refractivity (Wildman–Crippen MR) is 60.9 cm³/mol. The number of aryl methyl sites for hydroxylation is 1. The average molecular weight is 212 g/mol. The summed E-state index contributed by atoms with van der Waals surface area (Å²) in [5.74, 6) is 0.389. The maximum absolute atomic E-state index is 8.89. The molecule has 0 amide bonds. The van der Waals surface area contributed by atoms with Crippen molar-refractivity contribution in [3.63, 3.8) is 0 Å². The molecule has 80 valence electrons. The minimum atomic E-state index is 0.389. The molecule has 2 rings (SSSR count). The van der Waals surface area contributed by atoms with Crippen LogP contribution in [0, 0.1) is 18.3 Å². The van der Waals surface area contributed by atoms with Crippen LogP contribution in [0.3, 0.4) is 0 Å². The summed E-state index contributed by atoms with van der Waals surface area (Å²) in [5, 5.41) is 8.89. The van der Waals surface area contributed by atoms with Gasteiger partial charge in [-0.2, -0.15) is 5.26 Å². The molecule has 0 fully saturated rings. The van der Waals surface area contributed by atoms with E-state index in [1.165, 1.54) is 0 Å². The Morgan fingerprint density at radius 2 is 2.31 bits per heavy atom. The SMILES string of the molecule is Cc1cc(-n2ccnc2C#N)ccc1CN. The number of nitrogens with zero attached hydrogens (tertiary/aromatic N) is 3. The first kappa shape index (κ1) is 10.4. The summed E-state index contributed by atoms with van der Waals surface area (Å²) in [5.41, 5.74) is 8.77. The Bertz CT molecular complexity index is 548. The van der Waals surface area contributed by atoms with Crippen LogP contribution in [0.15, 0.2) is 30.6 Å². The Morgan fingerprint density at radius 1 is 1.50 bits per heavy atom. The number of hydrogen-bond donors (Lipinski definition) is 1. The molecule has 0 aliphatic carbocycles. The van der Waals surface area contributed by atoms with E-state index in [9.17, 15) is 0 Å². The monoisotopic (exact) mass is 212 g/mol. The number of imidazole rings is 1. The molecule has 0 radical (unpaired) electrons. The second kappa shape index (κ2) is 4.17. The fourth-order valence-electron chi connectivity index (χ4n) is 1.65. The highest BCUT2D eigenvalue weighted by Crippen LogP contribution is 2.15. The number of rotatable bonds is 2. The third kappa shape index (κ3) is 1.69. The van der Waals surface area contributed by atoms with Gasteiger partial charge in [-0.15, -0.1) is 0 Å². The van der Waals surface area contributed by atoms with Crippen molar-refractivity contribution in [3.8, 4) is 11.8 Å². The highest BCUT2D eigenvalue weighted by atomic mass is 15.1. The lowest BCUT2D eigenvalue weighted by Crippen LogP contribution is -2.02. The molecular formula is C12H12N4. The standard InChI is InChI=1S/C12H12N4/c1-9-6-11(3-2-10(9)7-13)16-5-4-15-12(16)8-14/h2-6H,7,13H2,1H3. The van der Waals surface area contributed by atoms with Crippen LogP contribution in [0.25, 0.3) is 5.69 Å². The molecule has 4 nitrogen and oxygen atoms in total. The van der Waals surface area contributed by atoms with Crippen LogP contribution in [0.5, 0.6) is 0 Å². The van der Waals surface area contributed by atoms with Crippen molar-refractivity contribution in [3.05, 3.63) is 47.5 Å². The maximum atomic E-state index is 8.89. The van der Waals surface area contributed by atoms with Gasteiger partial charge in [0.05, 0.1) is 0 Å². The van der Waals surface area contributed by atoms with Gasteiger partial charge in [0.15, 0.2) is 0 Å². The van der Waals surface area contributed by atoms with Crippen molar-refractivity contribution >= 4 is 0 Å². The minimum absolute atomic E-state index is 0.389. The maximum Gasteiger partial charge on any atom is 0.217 e. The molecule has 1 aromatic heterocycles. The Kier molecular flexibility index (Phi) is 2.71. The molecular weight excluding hydrogens is 200 g/mol. The summed E-state index contributed by atoms with van der Waals surface area (Å²) < 4.78 is 1.76. The quantitative estimate of drug-likeness (QED) is 0.820. The van der Waals surface area contributed by atoms with E-state index in [4.69, 9.17) is 11.0 Å². The van der Waals surface area contributed by atoms with Gasteiger partial charge >= 0.3 is 0 Å². The van der Waals surface area contributed by atoms with E-state index in [0.29, 0.717) is 12.4 Å². The van der Waals surface area contributed by atoms with Crippen molar-refractivity contribution in [1.82, 2.24) is 9.55 Å². The molecule has 1 aromatic carbocycles. The lowest BCUT2D eigenvalue weighted by molar-refractivity contribution is 0.999. The molecule has 0 bridgehead atoms. The molecule has 0 aliphatic rings. The van der Waals surface area contributed by atoms with Gasteiger partial charge in [0.2, 0.25) is 5.82 Å². The highest BCUT2D eigenvalue weighted by molar-refractivity contribution is 5.42. The lowest BCUT2D eigenvalue weighted by Gasteiger charge is -2.08. The first-order valence-corrected chi connectivity index (χ1v) is 4.99. The van der Waals surface area contributed by atoms with Crippen molar-refractivity contribution in [1.29, 1.82) is 5.26 Å². The Hall–Kier alpha value is -2.12. The topological polar surface area (TPSA) is 67.6 Å². The summed E-state index contributed by atoms with van der Waals surface area (Å²) >= 11 is 0. The van der Waals surface area contributed by atoms with Crippen LogP contribution in [0.2, 0.25) is 0 Å². The number of hydrogen-bond acceptors (Lipinski definition) is 3. The fraction of sp³-hybridized carbons (Fsp3) is 0.167. The van der Waals surface area contributed by atoms with Crippen molar-refractivity contribution in [2.75, 3.05) is 0 Å². The van der Waals surface area contributed by atoms with Crippen molar-refractivity contribution in [2.24, 2.45) is 5.73 Å². The Morgan fingerprint density at radius 3 is 2.94 bits per heavy atom. The molecule has 0 aliphatic heterocycles. The summed E-state index contributed by atoms with van der Waals surface area (Å²) in [6.07, 6.45) is 3.39. The van der Waals surface area contributed by atoms with Crippen LogP contribution in [0.1, 0.15) is 17.0 Å². The zero-order valence-corrected chi connectivity index (χ0v) is 9.01. The lowest BCUT2D eigenvalue weighted by atomic mass is 10.1. The molecule has 0 saturated heterocycles. The van der Waals surface area contributed by atoms with Gasteiger partial charge < -0.3 is 5.73 Å². The van der Waals surface area contributed by atoms with Gasteiger partial charge in [0.25, 0.3) is 0 Å². The number of nitriles is 1. The number of aromatic nitrogens is 2. The van der Waals surface area contributed by atoms with Crippen molar-refractivity contribution in [2.45, 2.75) is 13.5 Å². The number of benzene rings is 1. The van der Waals surface area contributed by atoms with E-state index in [0.717, 1.165) is 16.8 Å². The zero-order chi connectivity index (χ0) is 11.5. The predicted octanol–water partition coefficient (Wildman–Crippen LogP) is 1.51. The summed E-state index contributed by atoms with van der Waals surface area (Å²) in [6.45, 7) is 2.54. The van der Waals surface area contributed by atoms with Crippen LogP contribution >= 0.6 is 0 Å². The van der Waals surface area contributed by atoms with Crippen LogP contribution in [0.4, 0.5) is 0 Å². The molecule has 4 heteroatoms. The highest BCUT2D eigenvalue weighted by Gasteiger charge is 2.05. The van der Waals surface area contributed by atoms with Crippen LogP contribution in [-0.4, -0.2) is 9.55 Å². The van der Waals surface area contributed by atoms with Gasteiger partial charge in [0.1, 0.15) is 6.07 Å². The van der Waals surface area contributed by atoms with E-state index in [1.54, 1.807) is 17.0 Å². The molecule has 0 unspecified atom stereocenters. The normalized spacial score (nSPS) is 10.1. The molecule has 0 spiro atoms. The molecule has 16 heavy (non-hydrogen) atoms. The third-order valence-electron chi connectivity index (χ3n) is 2.57. The van der Waals surface area contributed by atoms with Crippen molar-refractivity contribution < 1.29 is 0 Å². The molecule has 0 saturated carbocycles. The fourth-order valence-corrected chi connectivity index (χ4v) is 1.65. The Balaban J connectivity index is 2.50. The van der Waals surface area contributed by atoms with E-state index < -0.39 is 0 Å². The third-order valence-corrected chi connectivity index (χ3v) is 2.57. The molecule has 2 N–H and O–H groups in total. The van der Waals surface area contributed by atoms with E-state index >= 15 is 0 Å². The minimum Gasteiger partial charge on any atom is -0.326 e. The second-order valence-electron chi connectivity index (χ2n) is 3.55. The van der Waals surface area contributed by atoms with Crippen LogP contribution in [-0.2, 0) is 6.54 Å². The molecule has 2 aromatic rings. The van der Waals surface area contributed by atoms with Gasteiger partial charge in [-0.05, 0) is 30.2 Å².